The van der Waals surface area contributed by atoms with Crippen molar-refractivity contribution in [3.8, 4) is 17.6 Å². The molecule has 1 aliphatic rings. The van der Waals surface area contributed by atoms with E-state index in [1.54, 1.807) is 14.0 Å². The van der Waals surface area contributed by atoms with Crippen molar-refractivity contribution in [3.05, 3.63) is 65.7 Å². The Hall–Kier alpha value is -2.77. The van der Waals surface area contributed by atoms with Crippen LogP contribution >= 0.6 is 0 Å². The number of methoxy groups -OCH3 is 1. The van der Waals surface area contributed by atoms with E-state index in [0.29, 0.717) is 6.54 Å². The lowest BCUT2D eigenvalue weighted by Crippen LogP contribution is -2.46. The van der Waals surface area contributed by atoms with Gasteiger partial charge >= 0.3 is 0 Å². The molecule has 0 spiro atoms. The lowest BCUT2D eigenvalue weighted by atomic mass is 10.0. The van der Waals surface area contributed by atoms with E-state index < -0.39 is 0 Å². The summed E-state index contributed by atoms with van der Waals surface area (Å²) in [6.45, 7) is 5.25. The van der Waals surface area contributed by atoms with Crippen LogP contribution in [-0.4, -0.2) is 41.9 Å². The highest BCUT2D eigenvalue weighted by Gasteiger charge is 2.27. The predicted octanol–water partition coefficient (Wildman–Crippen LogP) is 3.71. The molecule has 1 aliphatic heterocycles. The molecule has 1 fully saturated rings. The van der Waals surface area contributed by atoms with Crippen molar-refractivity contribution in [3.63, 3.8) is 0 Å². The van der Waals surface area contributed by atoms with Gasteiger partial charge in [0, 0.05) is 32.2 Å². The molecule has 146 valence electrons. The summed E-state index contributed by atoms with van der Waals surface area (Å²) in [5.41, 5.74) is 2.43. The molecule has 1 heterocycles. The highest BCUT2D eigenvalue weighted by molar-refractivity contribution is 5.93. The van der Waals surface area contributed by atoms with Crippen molar-refractivity contribution in [1.82, 2.24) is 9.80 Å². The van der Waals surface area contributed by atoms with Gasteiger partial charge in [-0.1, -0.05) is 48.4 Å². The summed E-state index contributed by atoms with van der Waals surface area (Å²) in [5, 5.41) is 0. The number of amides is 1. The Balaban J connectivity index is 1.63. The molecule has 2 aromatic carbocycles. The first-order chi connectivity index (χ1) is 13.7. The van der Waals surface area contributed by atoms with Crippen LogP contribution in [0, 0.1) is 11.8 Å². The molecular weight excluding hydrogens is 348 g/mol. The maximum atomic E-state index is 12.7. The monoisotopic (exact) mass is 376 g/mol. The molecule has 1 saturated heterocycles. The standard InChI is InChI=1S/C24H28N2O2/c1-3-7-24(27)26(19-21-10-12-23(28-2)13-11-21)22-14-16-25(17-15-22)18-20-8-5-4-6-9-20/h4-6,8-13,22H,14-19H2,1-2H3. The molecule has 0 atom stereocenters. The molecule has 1 amide bonds. The Morgan fingerprint density at radius 1 is 1.07 bits per heavy atom. The van der Waals surface area contributed by atoms with Gasteiger partial charge in [0.15, 0.2) is 0 Å². The minimum absolute atomic E-state index is 0.0835. The van der Waals surface area contributed by atoms with Crippen LogP contribution in [0.5, 0.6) is 5.75 Å². The van der Waals surface area contributed by atoms with Gasteiger partial charge in [0.1, 0.15) is 5.75 Å². The van der Waals surface area contributed by atoms with Crippen LogP contribution in [0.3, 0.4) is 0 Å². The van der Waals surface area contributed by atoms with Gasteiger partial charge in [-0.15, -0.1) is 0 Å². The molecule has 3 rings (SSSR count). The third kappa shape index (κ3) is 5.37. The highest BCUT2D eigenvalue weighted by atomic mass is 16.5. The number of hydrogen-bond acceptors (Lipinski definition) is 3. The maximum absolute atomic E-state index is 12.7. The van der Waals surface area contributed by atoms with E-state index in [0.717, 1.165) is 43.8 Å². The Bertz CT molecular complexity index is 813. The quantitative estimate of drug-likeness (QED) is 0.721. The van der Waals surface area contributed by atoms with Crippen molar-refractivity contribution >= 4 is 5.91 Å². The van der Waals surface area contributed by atoms with Crippen LogP contribution in [0.15, 0.2) is 54.6 Å². The minimum atomic E-state index is -0.0835. The maximum Gasteiger partial charge on any atom is 0.299 e. The summed E-state index contributed by atoms with van der Waals surface area (Å²) in [6.07, 6.45) is 1.94. The summed E-state index contributed by atoms with van der Waals surface area (Å²) in [6, 6.07) is 18.7. The van der Waals surface area contributed by atoms with E-state index >= 15 is 0 Å². The van der Waals surface area contributed by atoms with Crippen molar-refractivity contribution in [1.29, 1.82) is 0 Å². The molecule has 0 aromatic heterocycles. The zero-order chi connectivity index (χ0) is 19.8. The molecule has 2 aromatic rings. The first-order valence-corrected chi connectivity index (χ1v) is 9.82. The summed E-state index contributed by atoms with van der Waals surface area (Å²) in [4.78, 5) is 17.1. The van der Waals surface area contributed by atoms with E-state index in [2.05, 4.69) is 41.0 Å². The number of rotatable bonds is 6. The summed E-state index contributed by atoms with van der Waals surface area (Å²) in [5.74, 6) is 6.24. The number of piperidine rings is 1. The van der Waals surface area contributed by atoms with Gasteiger partial charge in [-0.3, -0.25) is 9.69 Å². The number of ether oxygens (including phenoxy) is 1. The SMILES string of the molecule is CC#CC(=O)N(Cc1ccc(OC)cc1)C1CCN(Cc2ccccc2)CC1. The van der Waals surface area contributed by atoms with E-state index in [4.69, 9.17) is 4.74 Å². The molecule has 4 nitrogen and oxygen atoms in total. The fourth-order valence-corrected chi connectivity index (χ4v) is 3.70. The van der Waals surface area contributed by atoms with Crippen molar-refractivity contribution in [2.45, 2.75) is 38.9 Å². The highest BCUT2D eigenvalue weighted by Crippen LogP contribution is 2.22. The largest absolute Gasteiger partial charge is 0.497 e. The zero-order valence-corrected chi connectivity index (χ0v) is 16.7. The topological polar surface area (TPSA) is 32.8 Å². The molecule has 0 unspecified atom stereocenters. The molecule has 0 aliphatic carbocycles. The van der Waals surface area contributed by atoms with Crippen LogP contribution < -0.4 is 4.74 Å². The minimum Gasteiger partial charge on any atom is -0.497 e. The second kappa shape index (κ2) is 9.96. The summed E-state index contributed by atoms with van der Waals surface area (Å²) < 4.78 is 5.23. The third-order valence-corrected chi connectivity index (χ3v) is 5.25. The first-order valence-electron chi connectivity index (χ1n) is 9.82. The lowest BCUT2D eigenvalue weighted by molar-refractivity contribution is -0.129. The van der Waals surface area contributed by atoms with Crippen molar-refractivity contribution in [2.75, 3.05) is 20.2 Å². The molecule has 0 N–H and O–H groups in total. The first kappa shape index (κ1) is 20.0. The van der Waals surface area contributed by atoms with Crippen molar-refractivity contribution < 1.29 is 9.53 Å². The number of carbonyl (C=O) groups excluding carboxylic acids is 1. The molecule has 28 heavy (non-hydrogen) atoms. The van der Waals surface area contributed by atoms with Crippen LogP contribution in [0.25, 0.3) is 0 Å². The van der Waals surface area contributed by atoms with E-state index in [9.17, 15) is 4.79 Å². The predicted molar refractivity (Wildman–Crippen MR) is 112 cm³/mol. The van der Waals surface area contributed by atoms with Crippen LogP contribution in [0.4, 0.5) is 0 Å². The molecule has 0 radical (unpaired) electrons. The fraction of sp³-hybridized carbons (Fsp3) is 0.375. The Morgan fingerprint density at radius 3 is 2.36 bits per heavy atom. The van der Waals surface area contributed by atoms with Crippen LogP contribution in [0.2, 0.25) is 0 Å². The fourth-order valence-electron chi connectivity index (χ4n) is 3.70. The van der Waals surface area contributed by atoms with E-state index in [1.807, 2.05) is 35.2 Å². The lowest BCUT2D eigenvalue weighted by Gasteiger charge is -2.38. The van der Waals surface area contributed by atoms with Crippen molar-refractivity contribution in [2.24, 2.45) is 0 Å². The number of likely N-dealkylation sites (tertiary alicyclic amines) is 1. The molecule has 0 bridgehead atoms. The van der Waals surface area contributed by atoms with E-state index in [-0.39, 0.29) is 11.9 Å². The smallest absolute Gasteiger partial charge is 0.299 e. The van der Waals surface area contributed by atoms with Crippen LogP contribution in [0.1, 0.15) is 30.9 Å². The number of nitrogens with zero attached hydrogens (tertiary/aromatic N) is 2. The Kier molecular flexibility index (Phi) is 7.11. The van der Waals surface area contributed by atoms with Gasteiger partial charge in [-0.05, 0) is 48.9 Å². The van der Waals surface area contributed by atoms with Crippen LogP contribution in [-0.2, 0) is 17.9 Å². The zero-order valence-electron chi connectivity index (χ0n) is 16.7. The number of carbonyl (C=O) groups is 1. The second-order valence-corrected chi connectivity index (χ2v) is 7.15. The second-order valence-electron chi connectivity index (χ2n) is 7.15. The van der Waals surface area contributed by atoms with Gasteiger partial charge in [0.2, 0.25) is 0 Å². The van der Waals surface area contributed by atoms with Gasteiger partial charge in [-0.25, -0.2) is 0 Å². The Morgan fingerprint density at radius 2 is 1.75 bits per heavy atom. The average Bonchev–Trinajstić information content (AvgIpc) is 2.74. The molecular formula is C24H28N2O2. The molecule has 4 heteroatoms. The third-order valence-electron chi connectivity index (χ3n) is 5.25. The summed E-state index contributed by atoms with van der Waals surface area (Å²) >= 11 is 0. The summed E-state index contributed by atoms with van der Waals surface area (Å²) in [7, 11) is 1.66. The van der Waals surface area contributed by atoms with Gasteiger partial charge in [0.25, 0.3) is 5.91 Å². The number of benzene rings is 2. The Labute approximate surface area is 168 Å². The average molecular weight is 377 g/mol. The normalized spacial score (nSPS) is 14.8. The van der Waals surface area contributed by atoms with Gasteiger partial charge in [-0.2, -0.15) is 0 Å². The van der Waals surface area contributed by atoms with Gasteiger partial charge < -0.3 is 9.64 Å². The number of hydrogen-bond donors (Lipinski definition) is 0. The van der Waals surface area contributed by atoms with Gasteiger partial charge in [0.05, 0.1) is 7.11 Å². The molecule has 0 saturated carbocycles. The van der Waals surface area contributed by atoms with E-state index in [1.165, 1.54) is 5.56 Å².